The van der Waals surface area contributed by atoms with Crippen LogP contribution in [0.5, 0.6) is 0 Å². The van der Waals surface area contributed by atoms with Crippen LogP contribution in [-0.4, -0.2) is 60.0 Å². The highest BCUT2D eigenvalue weighted by molar-refractivity contribution is 5.74. The summed E-state index contributed by atoms with van der Waals surface area (Å²) in [6.45, 7) is 2.41. The third kappa shape index (κ3) is 2.78. The fourth-order valence-electron chi connectivity index (χ4n) is 3.31. The number of carboxylic acid groups (broad SMARTS) is 1. The van der Waals surface area contributed by atoms with Gasteiger partial charge in [-0.25, -0.2) is 0 Å². The molecule has 5 heteroatoms. The number of ether oxygens (including phenoxy) is 1. The molecule has 3 atom stereocenters. The number of nitrogens with zero attached hydrogens (tertiary/aromatic N) is 1. The second-order valence-electron chi connectivity index (χ2n) is 4.97. The van der Waals surface area contributed by atoms with Gasteiger partial charge in [-0.05, 0) is 24.7 Å². The van der Waals surface area contributed by atoms with Gasteiger partial charge in [-0.3, -0.25) is 9.69 Å². The lowest BCUT2D eigenvalue weighted by molar-refractivity contribution is -0.143. The predicted octanol–water partition coefficient (Wildman–Crippen LogP) is 0.180. The second kappa shape index (κ2) is 5.80. The maximum Gasteiger partial charge on any atom is 0.321 e. The molecule has 2 fully saturated rings. The molecule has 5 nitrogen and oxygen atoms in total. The Morgan fingerprint density at radius 2 is 2.18 bits per heavy atom. The minimum absolute atomic E-state index is 0.0214. The monoisotopic (exact) mass is 243 g/mol. The lowest BCUT2D eigenvalue weighted by Gasteiger charge is -2.23. The standard InChI is InChI=1S/C12H21NO4/c14-5-7-17-6-4-13-8-9-2-1-3-10(9)11(13)12(15)16/h9-11,14H,1-8H2,(H,15,16). The fourth-order valence-corrected chi connectivity index (χ4v) is 3.31. The fraction of sp³-hybridized carbons (Fsp3) is 0.917. The molecule has 0 aromatic carbocycles. The summed E-state index contributed by atoms with van der Waals surface area (Å²) in [5.41, 5.74) is 0. The number of carbonyl (C=O) groups is 1. The Hall–Kier alpha value is -0.650. The summed E-state index contributed by atoms with van der Waals surface area (Å²) < 4.78 is 5.21. The number of aliphatic hydroxyl groups is 1. The second-order valence-corrected chi connectivity index (χ2v) is 4.97. The van der Waals surface area contributed by atoms with Gasteiger partial charge in [0.25, 0.3) is 0 Å². The molecule has 0 amide bonds. The lowest BCUT2D eigenvalue weighted by atomic mass is 9.94. The van der Waals surface area contributed by atoms with Crippen LogP contribution >= 0.6 is 0 Å². The molecule has 0 bridgehead atoms. The zero-order valence-electron chi connectivity index (χ0n) is 10.0. The van der Waals surface area contributed by atoms with Crippen LogP contribution in [0.2, 0.25) is 0 Å². The van der Waals surface area contributed by atoms with Crippen molar-refractivity contribution in [2.75, 3.05) is 32.9 Å². The smallest absolute Gasteiger partial charge is 0.321 e. The van der Waals surface area contributed by atoms with E-state index in [4.69, 9.17) is 9.84 Å². The quantitative estimate of drug-likeness (QED) is 0.651. The van der Waals surface area contributed by atoms with Crippen molar-refractivity contribution in [3.8, 4) is 0 Å². The zero-order chi connectivity index (χ0) is 12.3. The highest BCUT2D eigenvalue weighted by Gasteiger charge is 2.47. The molecule has 17 heavy (non-hydrogen) atoms. The first-order valence-electron chi connectivity index (χ1n) is 6.39. The molecule has 98 valence electrons. The van der Waals surface area contributed by atoms with E-state index < -0.39 is 5.97 Å². The van der Waals surface area contributed by atoms with Crippen LogP contribution in [0.1, 0.15) is 19.3 Å². The van der Waals surface area contributed by atoms with Crippen molar-refractivity contribution in [2.24, 2.45) is 11.8 Å². The van der Waals surface area contributed by atoms with E-state index in [9.17, 15) is 9.90 Å². The number of rotatable bonds is 6. The summed E-state index contributed by atoms with van der Waals surface area (Å²) >= 11 is 0. The summed E-state index contributed by atoms with van der Waals surface area (Å²) in [6, 6.07) is -0.319. The summed E-state index contributed by atoms with van der Waals surface area (Å²) in [4.78, 5) is 13.4. The Morgan fingerprint density at radius 1 is 1.35 bits per heavy atom. The molecule has 1 saturated carbocycles. The maximum atomic E-state index is 11.3. The minimum Gasteiger partial charge on any atom is -0.480 e. The van der Waals surface area contributed by atoms with Crippen molar-refractivity contribution < 1.29 is 19.7 Å². The average Bonchev–Trinajstić information content (AvgIpc) is 2.83. The maximum absolute atomic E-state index is 11.3. The molecule has 1 aliphatic heterocycles. The summed E-state index contributed by atoms with van der Waals surface area (Å²) in [7, 11) is 0. The van der Waals surface area contributed by atoms with Gasteiger partial charge in [0.15, 0.2) is 0 Å². The van der Waals surface area contributed by atoms with E-state index in [-0.39, 0.29) is 12.6 Å². The molecular weight excluding hydrogens is 222 g/mol. The van der Waals surface area contributed by atoms with Gasteiger partial charge in [0, 0.05) is 13.1 Å². The van der Waals surface area contributed by atoms with Gasteiger partial charge in [0.2, 0.25) is 0 Å². The first kappa shape index (κ1) is 12.8. The van der Waals surface area contributed by atoms with Crippen LogP contribution < -0.4 is 0 Å². The van der Waals surface area contributed by atoms with Gasteiger partial charge < -0.3 is 14.9 Å². The Bertz CT molecular complexity index is 271. The molecule has 1 aliphatic carbocycles. The average molecular weight is 243 g/mol. The van der Waals surface area contributed by atoms with Crippen LogP contribution in [0.25, 0.3) is 0 Å². The van der Waals surface area contributed by atoms with Crippen LogP contribution in [0.3, 0.4) is 0 Å². The molecule has 1 heterocycles. The van der Waals surface area contributed by atoms with Gasteiger partial charge in [-0.2, -0.15) is 0 Å². The molecule has 3 unspecified atom stereocenters. The van der Waals surface area contributed by atoms with Gasteiger partial charge in [-0.15, -0.1) is 0 Å². The van der Waals surface area contributed by atoms with Crippen molar-refractivity contribution in [1.29, 1.82) is 0 Å². The largest absolute Gasteiger partial charge is 0.480 e. The molecule has 0 radical (unpaired) electrons. The van der Waals surface area contributed by atoms with Crippen molar-refractivity contribution in [3.63, 3.8) is 0 Å². The highest BCUT2D eigenvalue weighted by atomic mass is 16.5. The third-order valence-electron chi connectivity index (χ3n) is 4.00. The number of hydrogen-bond acceptors (Lipinski definition) is 4. The van der Waals surface area contributed by atoms with Crippen LogP contribution in [0.15, 0.2) is 0 Å². The molecule has 2 N–H and O–H groups in total. The van der Waals surface area contributed by atoms with E-state index in [2.05, 4.69) is 0 Å². The number of likely N-dealkylation sites (tertiary alicyclic amines) is 1. The third-order valence-corrected chi connectivity index (χ3v) is 4.00. The molecule has 2 rings (SSSR count). The Kier molecular flexibility index (Phi) is 4.36. The van der Waals surface area contributed by atoms with Crippen molar-refractivity contribution in [2.45, 2.75) is 25.3 Å². The van der Waals surface area contributed by atoms with E-state index >= 15 is 0 Å². The van der Waals surface area contributed by atoms with Crippen LogP contribution in [0, 0.1) is 11.8 Å². The summed E-state index contributed by atoms with van der Waals surface area (Å²) in [6.07, 6.45) is 3.39. The first-order valence-corrected chi connectivity index (χ1v) is 6.39. The molecule has 2 aliphatic rings. The van der Waals surface area contributed by atoms with Gasteiger partial charge >= 0.3 is 5.97 Å². The van der Waals surface area contributed by atoms with Gasteiger partial charge in [0.1, 0.15) is 6.04 Å². The Balaban J connectivity index is 1.86. The van der Waals surface area contributed by atoms with Crippen LogP contribution in [-0.2, 0) is 9.53 Å². The van der Waals surface area contributed by atoms with Crippen LogP contribution in [0.4, 0.5) is 0 Å². The van der Waals surface area contributed by atoms with E-state index in [1.807, 2.05) is 4.90 Å². The normalized spacial score (nSPS) is 32.9. The van der Waals surface area contributed by atoms with Gasteiger partial charge in [-0.1, -0.05) is 6.42 Å². The molecule has 0 aromatic heterocycles. The van der Waals surface area contributed by atoms with Crippen molar-refractivity contribution in [3.05, 3.63) is 0 Å². The molecule has 0 spiro atoms. The molecular formula is C12H21NO4. The van der Waals surface area contributed by atoms with Crippen molar-refractivity contribution >= 4 is 5.97 Å². The topological polar surface area (TPSA) is 70.0 Å². The first-order chi connectivity index (χ1) is 8.24. The number of aliphatic hydroxyl groups excluding tert-OH is 1. The van der Waals surface area contributed by atoms with E-state index in [0.29, 0.717) is 31.6 Å². The minimum atomic E-state index is -0.693. The SMILES string of the molecule is O=C(O)C1C2CCCC2CN1CCOCCO. The number of fused-ring (bicyclic) bond motifs is 1. The molecule has 0 aromatic rings. The van der Waals surface area contributed by atoms with Gasteiger partial charge in [0.05, 0.1) is 19.8 Å². The predicted molar refractivity (Wildman–Crippen MR) is 61.7 cm³/mol. The summed E-state index contributed by atoms with van der Waals surface area (Å²) in [5.74, 6) is 0.209. The van der Waals surface area contributed by atoms with Crippen molar-refractivity contribution in [1.82, 2.24) is 4.90 Å². The Morgan fingerprint density at radius 3 is 2.88 bits per heavy atom. The number of carboxylic acids is 1. The molecule has 1 saturated heterocycles. The highest BCUT2D eigenvalue weighted by Crippen LogP contribution is 2.41. The number of aliphatic carboxylic acids is 1. The van der Waals surface area contributed by atoms with E-state index in [1.165, 1.54) is 12.8 Å². The number of hydrogen-bond donors (Lipinski definition) is 2. The zero-order valence-corrected chi connectivity index (χ0v) is 10.0. The summed E-state index contributed by atoms with van der Waals surface area (Å²) in [5, 5.41) is 17.9. The van der Waals surface area contributed by atoms with E-state index in [0.717, 1.165) is 13.0 Å². The van der Waals surface area contributed by atoms with E-state index in [1.54, 1.807) is 0 Å². The lowest BCUT2D eigenvalue weighted by Crippen LogP contribution is -2.41. The Labute approximate surface area is 101 Å².